The largest absolute Gasteiger partial charge is 0.477 e. The Labute approximate surface area is 181 Å². The van der Waals surface area contributed by atoms with Crippen molar-refractivity contribution >= 4 is 27.5 Å². The number of aromatic nitrogens is 2. The number of Topliss-reactive ketones (excluding diaryl/α,β-unsaturated/α-hetero) is 1. The van der Waals surface area contributed by atoms with Gasteiger partial charge in [0.05, 0.1) is 25.9 Å². The molecule has 0 spiro atoms. The van der Waals surface area contributed by atoms with E-state index in [0.717, 1.165) is 36.4 Å². The molecule has 0 N–H and O–H groups in total. The van der Waals surface area contributed by atoms with E-state index in [2.05, 4.69) is 23.8 Å². The quantitative estimate of drug-likeness (QED) is 0.531. The van der Waals surface area contributed by atoms with Gasteiger partial charge in [-0.15, -0.1) is 0 Å². The zero-order chi connectivity index (χ0) is 21.1. The van der Waals surface area contributed by atoms with Gasteiger partial charge in [0.25, 0.3) is 5.19 Å². The van der Waals surface area contributed by atoms with Gasteiger partial charge in [-0.25, -0.2) is 9.97 Å². The van der Waals surface area contributed by atoms with E-state index in [1.54, 1.807) is 6.92 Å². The van der Waals surface area contributed by atoms with Crippen LogP contribution in [0.25, 0.3) is 10.3 Å². The number of hydrogen-bond donors (Lipinski definition) is 0. The molecule has 1 saturated heterocycles. The average molecular weight is 435 g/mol. The second kappa shape index (κ2) is 9.16. The maximum atomic E-state index is 11.1. The lowest BCUT2D eigenvalue weighted by atomic mass is 9.83. The minimum Gasteiger partial charge on any atom is -0.477 e. The number of pyridine rings is 1. The minimum atomic E-state index is 0.0926. The fourth-order valence-corrected chi connectivity index (χ4v) is 4.47. The van der Waals surface area contributed by atoms with Crippen LogP contribution < -0.4 is 9.47 Å². The van der Waals surface area contributed by atoms with Crippen LogP contribution in [0.15, 0.2) is 12.1 Å². The molecule has 164 valence electrons. The fraction of sp³-hybridized carbons (Fsp3) is 0.682. The van der Waals surface area contributed by atoms with Crippen molar-refractivity contribution < 1.29 is 23.7 Å². The van der Waals surface area contributed by atoms with Gasteiger partial charge in [-0.3, -0.25) is 0 Å². The summed E-state index contributed by atoms with van der Waals surface area (Å²) < 4.78 is 22.9. The zero-order valence-corrected chi connectivity index (χ0v) is 18.7. The van der Waals surface area contributed by atoms with Gasteiger partial charge in [-0.05, 0) is 37.7 Å². The summed E-state index contributed by atoms with van der Waals surface area (Å²) in [7, 11) is 0. The molecule has 4 rings (SSSR count). The summed E-state index contributed by atoms with van der Waals surface area (Å²) in [5.74, 6) is 1.61. The van der Waals surface area contributed by atoms with Gasteiger partial charge in [0.2, 0.25) is 5.88 Å². The van der Waals surface area contributed by atoms with Crippen molar-refractivity contribution in [2.24, 2.45) is 17.3 Å². The summed E-state index contributed by atoms with van der Waals surface area (Å²) in [6.45, 7) is 9.20. The van der Waals surface area contributed by atoms with Crippen molar-refractivity contribution in [3.8, 4) is 11.1 Å². The summed E-state index contributed by atoms with van der Waals surface area (Å²) in [4.78, 5) is 21.0. The highest BCUT2D eigenvalue weighted by Crippen LogP contribution is 2.33. The number of rotatable bonds is 11. The third kappa shape index (κ3) is 5.47. The fourth-order valence-electron chi connectivity index (χ4n) is 3.69. The molecule has 0 radical (unpaired) electrons. The first-order valence-electron chi connectivity index (χ1n) is 10.6. The number of fused-ring (bicyclic) bond motifs is 1. The third-order valence-corrected chi connectivity index (χ3v) is 6.44. The van der Waals surface area contributed by atoms with Gasteiger partial charge in [0.1, 0.15) is 17.9 Å². The van der Waals surface area contributed by atoms with Crippen molar-refractivity contribution in [3.63, 3.8) is 0 Å². The molecule has 2 aromatic heterocycles. The molecule has 1 aliphatic carbocycles. The normalized spacial score (nSPS) is 23.4. The van der Waals surface area contributed by atoms with E-state index in [1.807, 2.05) is 12.1 Å². The second-order valence-electron chi connectivity index (χ2n) is 9.16. The van der Waals surface area contributed by atoms with Gasteiger partial charge < -0.3 is 23.7 Å². The van der Waals surface area contributed by atoms with Gasteiger partial charge in [-0.1, -0.05) is 25.2 Å². The molecule has 2 aromatic rings. The molecule has 0 unspecified atom stereocenters. The Bertz CT molecular complexity index is 876. The van der Waals surface area contributed by atoms with Gasteiger partial charge in [-0.2, -0.15) is 0 Å². The van der Waals surface area contributed by atoms with Crippen LogP contribution in [0, 0.1) is 17.3 Å². The van der Waals surface area contributed by atoms with E-state index in [9.17, 15) is 4.79 Å². The van der Waals surface area contributed by atoms with Crippen molar-refractivity contribution in [2.75, 3.05) is 33.0 Å². The first kappa shape index (κ1) is 21.5. The zero-order valence-electron chi connectivity index (χ0n) is 17.9. The Morgan fingerprint density at radius 1 is 1.30 bits per heavy atom. The lowest BCUT2D eigenvalue weighted by Gasteiger charge is -2.37. The highest BCUT2D eigenvalue weighted by molar-refractivity contribution is 7.19. The molecule has 0 bridgehead atoms. The first-order chi connectivity index (χ1) is 14.4. The predicted molar refractivity (Wildman–Crippen MR) is 114 cm³/mol. The first-order valence-corrected chi connectivity index (χ1v) is 11.4. The number of nitrogens with zero attached hydrogens (tertiary/aromatic N) is 2. The number of hydrogen-bond acceptors (Lipinski definition) is 8. The van der Waals surface area contributed by atoms with Crippen LogP contribution in [0.4, 0.5) is 0 Å². The smallest absolute Gasteiger partial charge is 0.275 e. The summed E-state index contributed by atoms with van der Waals surface area (Å²) in [5, 5.41) is 0.640. The highest BCUT2D eigenvalue weighted by atomic mass is 32.1. The van der Waals surface area contributed by atoms with Crippen molar-refractivity contribution in [1.29, 1.82) is 0 Å². The minimum absolute atomic E-state index is 0.0926. The molecule has 1 atom stereocenters. The molecule has 1 saturated carbocycles. The van der Waals surface area contributed by atoms with Crippen molar-refractivity contribution in [2.45, 2.75) is 46.1 Å². The lowest BCUT2D eigenvalue weighted by molar-refractivity contribution is -0.120. The molecule has 2 aliphatic rings. The summed E-state index contributed by atoms with van der Waals surface area (Å²) in [6.07, 6.45) is 2.87. The van der Waals surface area contributed by atoms with E-state index >= 15 is 0 Å². The van der Waals surface area contributed by atoms with Gasteiger partial charge >= 0.3 is 0 Å². The Kier molecular flexibility index (Phi) is 6.55. The molecule has 3 heterocycles. The van der Waals surface area contributed by atoms with Gasteiger partial charge in [0.15, 0.2) is 4.83 Å². The van der Waals surface area contributed by atoms with Gasteiger partial charge in [0, 0.05) is 24.5 Å². The predicted octanol–water partition coefficient (Wildman–Crippen LogP) is 3.90. The molecule has 7 nitrogen and oxygen atoms in total. The maximum absolute atomic E-state index is 11.1. The number of carbonyl (C=O) groups excluding carboxylic acids is 1. The highest BCUT2D eigenvalue weighted by Gasteiger charge is 2.34. The molecule has 0 amide bonds. The summed E-state index contributed by atoms with van der Waals surface area (Å²) >= 11 is 1.45. The van der Waals surface area contributed by atoms with Crippen LogP contribution in [0.5, 0.6) is 11.1 Å². The number of ether oxygens (including phenoxy) is 4. The van der Waals surface area contributed by atoms with Crippen molar-refractivity contribution in [1.82, 2.24) is 9.97 Å². The van der Waals surface area contributed by atoms with E-state index in [1.165, 1.54) is 11.3 Å². The molecule has 30 heavy (non-hydrogen) atoms. The monoisotopic (exact) mass is 434 g/mol. The third-order valence-electron chi connectivity index (χ3n) is 5.57. The SMILES string of the molecule is CC(=O)C[C@@H](C)COC1CC(COc2ccc3nc(OCC4(C)COC4)sc3n2)C1. The molecular formula is C22H30N2O5S. The Balaban J connectivity index is 1.19. The molecular weight excluding hydrogens is 404 g/mol. The van der Waals surface area contributed by atoms with Crippen LogP contribution >= 0.6 is 11.3 Å². The van der Waals surface area contributed by atoms with Crippen LogP contribution in [-0.4, -0.2) is 54.9 Å². The van der Waals surface area contributed by atoms with Crippen LogP contribution in [0.3, 0.4) is 0 Å². The topological polar surface area (TPSA) is 79.8 Å². The maximum Gasteiger partial charge on any atom is 0.275 e. The summed E-state index contributed by atoms with van der Waals surface area (Å²) in [6, 6.07) is 3.79. The average Bonchev–Trinajstić information content (AvgIpc) is 3.04. The van der Waals surface area contributed by atoms with E-state index in [4.69, 9.17) is 18.9 Å². The number of carbonyl (C=O) groups is 1. The molecule has 0 aromatic carbocycles. The molecule has 2 fully saturated rings. The molecule has 8 heteroatoms. The Hall–Kier alpha value is -1.77. The number of thiazole rings is 1. The second-order valence-corrected chi connectivity index (χ2v) is 10.1. The summed E-state index contributed by atoms with van der Waals surface area (Å²) in [5.41, 5.74) is 0.921. The Morgan fingerprint density at radius 3 is 2.80 bits per heavy atom. The van der Waals surface area contributed by atoms with Crippen LogP contribution in [0.1, 0.15) is 40.0 Å². The number of ketones is 1. The molecule has 1 aliphatic heterocycles. The van der Waals surface area contributed by atoms with Crippen LogP contribution in [0.2, 0.25) is 0 Å². The standard InChI is InChI=1S/C22H30N2O5S/c1-14(6-15(2)25)9-27-17-7-16(8-17)10-28-19-5-4-18-20(24-19)30-21(23-18)29-13-22(3)11-26-12-22/h4-5,14,16-17H,6-13H2,1-3H3/t14-,16?,17?/m1/s1. The van der Waals surface area contributed by atoms with E-state index < -0.39 is 0 Å². The lowest BCUT2D eigenvalue weighted by Crippen LogP contribution is -2.44. The van der Waals surface area contributed by atoms with E-state index in [0.29, 0.717) is 43.2 Å². The van der Waals surface area contributed by atoms with Crippen LogP contribution in [-0.2, 0) is 14.3 Å². The van der Waals surface area contributed by atoms with Crippen molar-refractivity contribution in [3.05, 3.63) is 12.1 Å². The Morgan fingerprint density at radius 2 is 2.10 bits per heavy atom. The van der Waals surface area contributed by atoms with E-state index in [-0.39, 0.29) is 23.2 Å².